The minimum absolute atomic E-state index is 0.0269. The Hall–Kier alpha value is -0.220. The molecule has 3 nitrogen and oxygen atoms in total. The standard InChI is InChI=1S/C10H22N2OS/c1-5-14-7-6-8(2)12(4)10(13)9(3)11/h8-9H,5-7,11H2,1-4H3/t8-,9-/m0/s1. The Bertz CT molecular complexity index is 174. The Morgan fingerprint density at radius 1 is 1.50 bits per heavy atom. The lowest BCUT2D eigenvalue weighted by molar-refractivity contribution is -0.132. The molecule has 0 unspecified atom stereocenters. The monoisotopic (exact) mass is 218 g/mol. The molecule has 0 rings (SSSR count). The second kappa shape index (κ2) is 7.12. The first kappa shape index (κ1) is 13.8. The first-order valence-corrected chi connectivity index (χ1v) is 6.26. The maximum atomic E-state index is 11.5. The van der Waals surface area contributed by atoms with Crippen molar-refractivity contribution < 1.29 is 4.79 Å². The maximum absolute atomic E-state index is 11.5. The normalized spacial score (nSPS) is 14.9. The van der Waals surface area contributed by atoms with E-state index in [1.807, 2.05) is 18.8 Å². The zero-order chi connectivity index (χ0) is 11.1. The topological polar surface area (TPSA) is 46.3 Å². The molecule has 0 spiro atoms. The zero-order valence-electron chi connectivity index (χ0n) is 9.62. The van der Waals surface area contributed by atoms with Gasteiger partial charge in [0.15, 0.2) is 0 Å². The van der Waals surface area contributed by atoms with E-state index in [1.54, 1.807) is 11.8 Å². The van der Waals surface area contributed by atoms with Crippen LogP contribution in [-0.4, -0.2) is 41.4 Å². The van der Waals surface area contributed by atoms with Gasteiger partial charge in [0.05, 0.1) is 6.04 Å². The summed E-state index contributed by atoms with van der Waals surface area (Å²) in [6.45, 7) is 5.94. The molecule has 0 aromatic rings. The van der Waals surface area contributed by atoms with Crippen molar-refractivity contribution in [1.29, 1.82) is 0 Å². The number of hydrogen-bond acceptors (Lipinski definition) is 3. The number of likely N-dealkylation sites (N-methyl/N-ethyl adjacent to an activating group) is 1. The van der Waals surface area contributed by atoms with Gasteiger partial charge in [0, 0.05) is 13.1 Å². The lowest BCUT2D eigenvalue weighted by Crippen LogP contribution is -2.44. The molecule has 0 aliphatic carbocycles. The number of carbonyl (C=O) groups excluding carboxylic acids is 1. The van der Waals surface area contributed by atoms with Gasteiger partial charge in [-0.05, 0) is 31.8 Å². The molecule has 0 aliphatic rings. The van der Waals surface area contributed by atoms with Crippen LogP contribution >= 0.6 is 11.8 Å². The summed E-state index contributed by atoms with van der Waals surface area (Å²) in [7, 11) is 1.83. The van der Waals surface area contributed by atoms with Crippen LogP contribution in [0.3, 0.4) is 0 Å². The van der Waals surface area contributed by atoms with E-state index in [0.717, 1.165) is 17.9 Å². The van der Waals surface area contributed by atoms with Crippen LogP contribution in [0.15, 0.2) is 0 Å². The second-order valence-electron chi connectivity index (χ2n) is 3.57. The van der Waals surface area contributed by atoms with Gasteiger partial charge < -0.3 is 10.6 Å². The fraction of sp³-hybridized carbons (Fsp3) is 0.900. The van der Waals surface area contributed by atoms with Crippen molar-refractivity contribution in [3.63, 3.8) is 0 Å². The Balaban J connectivity index is 3.86. The second-order valence-corrected chi connectivity index (χ2v) is 4.97. The minimum Gasteiger partial charge on any atom is -0.342 e. The van der Waals surface area contributed by atoms with Crippen LogP contribution in [0.4, 0.5) is 0 Å². The molecule has 0 aliphatic heterocycles. The lowest BCUT2D eigenvalue weighted by Gasteiger charge is -2.26. The zero-order valence-corrected chi connectivity index (χ0v) is 10.4. The molecular formula is C10H22N2OS. The van der Waals surface area contributed by atoms with Crippen LogP contribution in [0, 0.1) is 0 Å². The van der Waals surface area contributed by atoms with Crippen molar-refractivity contribution in [3.05, 3.63) is 0 Å². The molecule has 0 radical (unpaired) electrons. The summed E-state index contributed by atoms with van der Waals surface area (Å²) in [5.74, 6) is 2.27. The summed E-state index contributed by atoms with van der Waals surface area (Å²) < 4.78 is 0. The summed E-state index contributed by atoms with van der Waals surface area (Å²) in [6.07, 6.45) is 1.04. The smallest absolute Gasteiger partial charge is 0.239 e. The fourth-order valence-electron chi connectivity index (χ4n) is 1.13. The van der Waals surface area contributed by atoms with Crippen LogP contribution in [0.1, 0.15) is 27.2 Å². The highest BCUT2D eigenvalue weighted by atomic mass is 32.2. The highest BCUT2D eigenvalue weighted by molar-refractivity contribution is 7.99. The number of thioether (sulfide) groups is 1. The molecule has 2 atom stereocenters. The third-order valence-electron chi connectivity index (χ3n) is 2.28. The van der Waals surface area contributed by atoms with E-state index in [1.165, 1.54) is 0 Å². The van der Waals surface area contributed by atoms with Gasteiger partial charge in [0.1, 0.15) is 0 Å². The molecule has 0 aromatic carbocycles. The summed E-state index contributed by atoms with van der Waals surface area (Å²) in [5, 5.41) is 0. The predicted octanol–water partition coefficient (Wildman–Crippen LogP) is 1.32. The van der Waals surface area contributed by atoms with Crippen molar-refractivity contribution in [2.45, 2.75) is 39.3 Å². The number of amides is 1. The number of hydrogen-bond donors (Lipinski definition) is 1. The first-order chi connectivity index (χ1) is 6.50. The van der Waals surface area contributed by atoms with Crippen LogP contribution in [0.25, 0.3) is 0 Å². The number of rotatable bonds is 6. The van der Waals surface area contributed by atoms with Crippen molar-refractivity contribution in [2.75, 3.05) is 18.6 Å². The van der Waals surface area contributed by atoms with Gasteiger partial charge in [-0.15, -0.1) is 0 Å². The van der Waals surface area contributed by atoms with Gasteiger partial charge >= 0.3 is 0 Å². The predicted molar refractivity (Wildman–Crippen MR) is 63.5 cm³/mol. The Morgan fingerprint density at radius 2 is 2.07 bits per heavy atom. The minimum atomic E-state index is -0.388. The van der Waals surface area contributed by atoms with Gasteiger partial charge in [-0.1, -0.05) is 6.92 Å². The molecule has 0 aromatic heterocycles. The van der Waals surface area contributed by atoms with E-state index in [9.17, 15) is 4.79 Å². The number of nitrogens with zero attached hydrogens (tertiary/aromatic N) is 1. The van der Waals surface area contributed by atoms with Crippen molar-refractivity contribution in [2.24, 2.45) is 5.73 Å². The number of nitrogens with two attached hydrogens (primary N) is 1. The highest BCUT2D eigenvalue weighted by Gasteiger charge is 2.18. The van der Waals surface area contributed by atoms with Crippen LogP contribution in [0.2, 0.25) is 0 Å². The van der Waals surface area contributed by atoms with Crippen molar-refractivity contribution >= 4 is 17.7 Å². The molecule has 0 heterocycles. The molecule has 84 valence electrons. The lowest BCUT2D eigenvalue weighted by atomic mass is 10.2. The van der Waals surface area contributed by atoms with Gasteiger partial charge in [0.25, 0.3) is 0 Å². The van der Waals surface area contributed by atoms with Crippen LogP contribution in [0.5, 0.6) is 0 Å². The summed E-state index contributed by atoms with van der Waals surface area (Å²) in [5.41, 5.74) is 5.53. The van der Waals surface area contributed by atoms with Gasteiger partial charge in [0.2, 0.25) is 5.91 Å². The molecule has 1 amide bonds. The Morgan fingerprint density at radius 3 is 2.50 bits per heavy atom. The third kappa shape index (κ3) is 4.86. The molecule has 0 saturated heterocycles. The average molecular weight is 218 g/mol. The Kier molecular flexibility index (Phi) is 7.01. The van der Waals surface area contributed by atoms with E-state index >= 15 is 0 Å². The molecule has 2 N–H and O–H groups in total. The van der Waals surface area contributed by atoms with E-state index < -0.39 is 0 Å². The van der Waals surface area contributed by atoms with Gasteiger partial charge in [-0.2, -0.15) is 11.8 Å². The van der Waals surface area contributed by atoms with Gasteiger partial charge in [-0.25, -0.2) is 0 Å². The first-order valence-electron chi connectivity index (χ1n) is 5.10. The molecule has 14 heavy (non-hydrogen) atoms. The van der Waals surface area contributed by atoms with Crippen molar-refractivity contribution in [1.82, 2.24) is 4.90 Å². The third-order valence-corrected chi connectivity index (χ3v) is 3.22. The van der Waals surface area contributed by atoms with Gasteiger partial charge in [-0.3, -0.25) is 4.79 Å². The van der Waals surface area contributed by atoms with E-state index in [-0.39, 0.29) is 18.0 Å². The summed E-state index contributed by atoms with van der Waals surface area (Å²) >= 11 is 1.90. The average Bonchev–Trinajstić information content (AvgIpc) is 2.15. The van der Waals surface area contributed by atoms with Crippen LogP contribution in [-0.2, 0) is 4.79 Å². The quantitative estimate of drug-likeness (QED) is 0.684. The molecule has 0 saturated carbocycles. The van der Waals surface area contributed by atoms with Crippen molar-refractivity contribution in [3.8, 4) is 0 Å². The van der Waals surface area contributed by atoms with E-state index in [4.69, 9.17) is 5.73 Å². The largest absolute Gasteiger partial charge is 0.342 e. The summed E-state index contributed by atoms with van der Waals surface area (Å²) in [4.78, 5) is 13.3. The molecule has 0 bridgehead atoms. The van der Waals surface area contributed by atoms with Crippen LogP contribution < -0.4 is 5.73 Å². The summed E-state index contributed by atoms with van der Waals surface area (Å²) in [6, 6.07) is -0.103. The molecule has 0 fully saturated rings. The molecular weight excluding hydrogens is 196 g/mol. The fourth-order valence-corrected chi connectivity index (χ4v) is 1.93. The Labute approximate surface area is 91.4 Å². The van der Waals surface area contributed by atoms with E-state index in [0.29, 0.717) is 0 Å². The number of carbonyl (C=O) groups is 1. The maximum Gasteiger partial charge on any atom is 0.239 e. The highest BCUT2D eigenvalue weighted by Crippen LogP contribution is 2.08. The molecule has 4 heteroatoms. The SMILES string of the molecule is CCSCC[C@H](C)N(C)C(=O)[C@H](C)N. The van der Waals surface area contributed by atoms with E-state index in [2.05, 4.69) is 13.8 Å².